The summed E-state index contributed by atoms with van der Waals surface area (Å²) >= 11 is 0. The summed E-state index contributed by atoms with van der Waals surface area (Å²) in [6.45, 7) is 1.20. The number of benzene rings is 2. The van der Waals surface area contributed by atoms with Crippen molar-refractivity contribution in [1.29, 1.82) is 0 Å². The highest BCUT2D eigenvalue weighted by Gasteiger charge is 2.21. The van der Waals surface area contributed by atoms with Gasteiger partial charge < -0.3 is 20.1 Å². The molecule has 2 amide bonds. The van der Waals surface area contributed by atoms with E-state index in [1.54, 1.807) is 0 Å². The van der Waals surface area contributed by atoms with E-state index in [0.29, 0.717) is 31.2 Å². The predicted octanol–water partition coefficient (Wildman–Crippen LogP) is 2.04. The molecule has 0 radical (unpaired) electrons. The third kappa shape index (κ3) is 5.24. The van der Waals surface area contributed by atoms with E-state index < -0.39 is 0 Å². The SMILES string of the molecule is O=C(CCC(=O)NC[C@H]1COc2ccccc2O1)NCc1ccccc1. The number of carbonyl (C=O) groups excluding carboxylic acids is 2. The van der Waals surface area contributed by atoms with Crippen molar-refractivity contribution >= 4 is 11.8 Å². The molecule has 6 heteroatoms. The minimum atomic E-state index is -0.235. The lowest BCUT2D eigenvalue weighted by molar-refractivity contribution is -0.126. The molecule has 1 aliphatic rings. The fraction of sp³-hybridized carbons (Fsp3) is 0.300. The molecule has 0 spiro atoms. The van der Waals surface area contributed by atoms with Crippen molar-refractivity contribution in [3.8, 4) is 11.5 Å². The van der Waals surface area contributed by atoms with Gasteiger partial charge in [0, 0.05) is 19.4 Å². The van der Waals surface area contributed by atoms with Crippen LogP contribution in [0, 0.1) is 0 Å². The summed E-state index contributed by atoms with van der Waals surface area (Å²) in [5.74, 6) is 1.07. The number of rotatable bonds is 7. The summed E-state index contributed by atoms with van der Waals surface area (Å²) in [6.07, 6.45) is 0.0645. The number of nitrogens with one attached hydrogen (secondary N) is 2. The quantitative estimate of drug-likeness (QED) is 0.798. The summed E-state index contributed by atoms with van der Waals surface area (Å²) in [5.41, 5.74) is 1.03. The Morgan fingerprint density at radius 2 is 1.54 bits per heavy atom. The first-order valence-corrected chi connectivity index (χ1v) is 8.66. The van der Waals surface area contributed by atoms with Crippen LogP contribution in [0.15, 0.2) is 54.6 Å². The topological polar surface area (TPSA) is 76.7 Å². The van der Waals surface area contributed by atoms with E-state index in [2.05, 4.69) is 10.6 Å². The lowest BCUT2D eigenvalue weighted by Crippen LogP contribution is -2.41. The molecule has 1 aliphatic heterocycles. The molecule has 0 fully saturated rings. The average Bonchev–Trinajstić information content (AvgIpc) is 2.69. The maximum atomic E-state index is 11.9. The van der Waals surface area contributed by atoms with Crippen molar-refractivity contribution in [1.82, 2.24) is 10.6 Å². The number of amides is 2. The first-order chi connectivity index (χ1) is 12.7. The van der Waals surface area contributed by atoms with Gasteiger partial charge in [-0.2, -0.15) is 0 Å². The molecule has 0 aliphatic carbocycles. The smallest absolute Gasteiger partial charge is 0.220 e. The Kier molecular flexibility index (Phi) is 6.09. The highest BCUT2D eigenvalue weighted by atomic mass is 16.6. The van der Waals surface area contributed by atoms with Gasteiger partial charge in [-0.05, 0) is 17.7 Å². The molecular weight excluding hydrogens is 332 g/mol. The fourth-order valence-corrected chi connectivity index (χ4v) is 2.59. The first kappa shape index (κ1) is 17.8. The second-order valence-electron chi connectivity index (χ2n) is 6.06. The minimum absolute atomic E-state index is 0.143. The maximum absolute atomic E-state index is 11.9. The number of hydrogen-bond acceptors (Lipinski definition) is 4. The molecule has 1 atom stereocenters. The number of para-hydroxylation sites is 2. The third-order valence-electron chi connectivity index (χ3n) is 4.01. The summed E-state index contributed by atoms with van der Waals surface area (Å²) < 4.78 is 11.4. The van der Waals surface area contributed by atoms with Crippen LogP contribution in [0.1, 0.15) is 18.4 Å². The van der Waals surface area contributed by atoms with E-state index in [1.807, 2.05) is 54.6 Å². The monoisotopic (exact) mass is 354 g/mol. The van der Waals surface area contributed by atoms with E-state index in [4.69, 9.17) is 9.47 Å². The predicted molar refractivity (Wildman–Crippen MR) is 96.9 cm³/mol. The van der Waals surface area contributed by atoms with Gasteiger partial charge in [0.15, 0.2) is 11.5 Å². The van der Waals surface area contributed by atoms with Gasteiger partial charge in [-0.15, -0.1) is 0 Å². The highest BCUT2D eigenvalue weighted by molar-refractivity contribution is 5.83. The van der Waals surface area contributed by atoms with Gasteiger partial charge in [0.25, 0.3) is 0 Å². The van der Waals surface area contributed by atoms with Crippen LogP contribution in [0.2, 0.25) is 0 Å². The molecule has 26 heavy (non-hydrogen) atoms. The Hall–Kier alpha value is -3.02. The normalized spacial score (nSPS) is 15.2. The Labute approximate surface area is 152 Å². The van der Waals surface area contributed by atoms with Gasteiger partial charge in [0.1, 0.15) is 12.7 Å². The van der Waals surface area contributed by atoms with E-state index >= 15 is 0 Å². The number of carbonyl (C=O) groups is 2. The van der Waals surface area contributed by atoms with Crippen molar-refractivity contribution in [2.75, 3.05) is 13.2 Å². The molecule has 0 unspecified atom stereocenters. The Morgan fingerprint density at radius 1 is 0.885 bits per heavy atom. The van der Waals surface area contributed by atoms with Crippen LogP contribution in [0.4, 0.5) is 0 Å². The zero-order valence-corrected chi connectivity index (χ0v) is 14.4. The average molecular weight is 354 g/mol. The van der Waals surface area contributed by atoms with Gasteiger partial charge >= 0.3 is 0 Å². The molecule has 6 nitrogen and oxygen atoms in total. The van der Waals surface area contributed by atoms with E-state index in [0.717, 1.165) is 5.56 Å². The number of hydrogen-bond donors (Lipinski definition) is 2. The summed E-state index contributed by atoms with van der Waals surface area (Å²) in [6, 6.07) is 17.1. The molecule has 2 N–H and O–H groups in total. The zero-order chi connectivity index (χ0) is 18.2. The Morgan fingerprint density at radius 3 is 2.31 bits per heavy atom. The van der Waals surface area contributed by atoms with Crippen LogP contribution < -0.4 is 20.1 Å². The van der Waals surface area contributed by atoms with Crippen molar-refractivity contribution < 1.29 is 19.1 Å². The van der Waals surface area contributed by atoms with Crippen LogP contribution >= 0.6 is 0 Å². The number of ether oxygens (including phenoxy) is 2. The molecule has 3 rings (SSSR count). The summed E-state index contributed by atoms with van der Waals surface area (Å²) in [7, 11) is 0. The summed E-state index contributed by atoms with van der Waals surface area (Å²) in [4.78, 5) is 23.8. The second-order valence-corrected chi connectivity index (χ2v) is 6.06. The van der Waals surface area contributed by atoms with Crippen LogP contribution in [0.25, 0.3) is 0 Å². The van der Waals surface area contributed by atoms with Gasteiger partial charge in [-0.1, -0.05) is 42.5 Å². The van der Waals surface area contributed by atoms with Gasteiger partial charge in [0.05, 0.1) is 6.54 Å². The zero-order valence-electron chi connectivity index (χ0n) is 14.4. The molecule has 0 aromatic heterocycles. The molecule has 2 aromatic carbocycles. The van der Waals surface area contributed by atoms with E-state index in [-0.39, 0.29) is 30.8 Å². The molecule has 136 valence electrons. The Balaban J connectivity index is 1.32. The molecule has 0 saturated carbocycles. The first-order valence-electron chi connectivity index (χ1n) is 8.66. The van der Waals surface area contributed by atoms with Crippen LogP contribution in [0.3, 0.4) is 0 Å². The second kappa shape index (κ2) is 8.89. The third-order valence-corrected chi connectivity index (χ3v) is 4.01. The Bertz CT molecular complexity index is 748. The number of fused-ring (bicyclic) bond motifs is 1. The van der Waals surface area contributed by atoms with Crippen molar-refractivity contribution in [3.05, 3.63) is 60.2 Å². The standard InChI is InChI=1S/C20H22N2O4/c23-19(21-12-15-6-2-1-3-7-15)10-11-20(24)22-13-16-14-25-17-8-4-5-9-18(17)26-16/h1-9,16H,10-14H2,(H,21,23)(H,22,24)/t16-/m0/s1. The maximum Gasteiger partial charge on any atom is 0.220 e. The molecule has 2 aromatic rings. The molecule has 0 saturated heterocycles. The molecule has 1 heterocycles. The van der Waals surface area contributed by atoms with Crippen molar-refractivity contribution in [3.63, 3.8) is 0 Å². The minimum Gasteiger partial charge on any atom is -0.486 e. The molecule has 0 bridgehead atoms. The van der Waals surface area contributed by atoms with Crippen LogP contribution in [-0.4, -0.2) is 31.1 Å². The van der Waals surface area contributed by atoms with Gasteiger partial charge in [-0.3, -0.25) is 9.59 Å². The van der Waals surface area contributed by atoms with E-state index in [9.17, 15) is 9.59 Å². The van der Waals surface area contributed by atoms with E-state index in [1.165, 1.54) is 0 Å². The lowest BCUT2D eigenvalue weighted by Gasteiger charge is -2.26. The van der Waals surface area contributed by atoms with Crippen LogP contribution in [0.5, 0.6) is 11.5 Å². The molecular formula is C20H22N2O4. The lowest BCUT2D eigenvalue weighted by atomic mass is 10.2. The van der Waals surface area contributed by atoms with Crippen molar-refractivity contribution in [2.45, 2.75) is 25.5 Å². The fourth-order valence-electron chi connectivity index (χ4n) is 2.59. The summed E-state index contributed by atoms with van der Waals surface area (Å²) in [5, 5.41) is 5.60. The van der Waals surface area contributed by atoms with Crippen molar-refractivity contribution in [2.24, 2.45) is 0 Å². The van der Waals surface area contributed by atoms with Gasteiger partial charge in [0.2, 0.25) is 11.8 Å². The highest BCUT2D eigenvalue weighted by Crippen LogP contribution is 2.30. The van der Waals surface area contributed by atoms with Gasteiger partial charge in [-0.25, -0.2) is 0 Å². The van der Waals surface area contributed by atoms with Crippen LogP contribution in [-0.2, 0) is 16.1 Å². The largest absolute Gasteiger partial charge is 0.486 e.